The topological polar surface area (TPSA) is 90.9 Å². The summed E-state index contributed by atoms with van der Waals surface area (Å²) < 4.78 is 16.1. The molecule has 1 aromatic carbocycles. The lowest BCUT2D eigenvalue weighted by atomic mass is 9.69. The van der Waals surface area contributed by atoms with Gasteiger partial charge in [0.15, 0.2) is 5.78 Å². The van der Waals surface area contributed by atoms with E-state index in [1.165, 1.54) is 7.11 Å². The van der Waals surface area contributed by atoms with E-state index in [-0.39, 0.29) is 18.3 Å². The first-order valence-corrected chi connectivity index (χ1v) is 12.8. The van der Waals surface area contributed by atoms with Crippen molar-refractivity contribution in [1.82, 2.24) is 5.32 Å². The number of nitrogens with one attached hydrogen (secondary N) is 1. The number of allylic oxidation sites excluding steroid dienone is 3. The Morgan fingerprint density at radius 1 is 1.18 bits per heavy atom. The minimum atomic E-state index is -0.910. The van der Waals surface area contributed by atoms with E-state index in [9.17, 15) is 14.4 Å². The minimum absolute atomic E-state index is 0.223. The van der Waals surface area contributed by atoms with Gasteiger partial charge in [0.1, 0.15) is 18.3 Å². The molecule has 0 saturated heterocycles. The number of dihydropyridines is 1. The Hall–Kier alpha value is -2.74. The molecule has 0 radical (unpaired) electrons. The summed E-state index contributed by atoms with van der Waals surface area (Å²) in [6, 6.07) is 7.37. The Morgan fingerprint density at radius 2 is 1.88 bits per heavy atom. The lowest BCUT2D eigenvalue weighted by molar-refractivity contribution is -0.151. The van der Waals surface area contributed by atoms with Crippen molar-refractivity contribution in [2.24, 2.45) is 11.8 Å². The van der Waals surface area contributed by atoms with Gasteiger partial charge in [-0.05, 0) is 49.6 Å². The van der Waals surface area contributed by atoms with E-state index >= 15 is 0 Å². The van der Waals surface area contributed by atoms with Gasteiger partial charge in [0.05, 0.1) is 19.3 Å². The van der Waals surface area contributed by atoms with Crippen molar-refractivity contribution in [3.8, 4) is 5.75 Å². The number of benzene rings is 1. The summed E-state index contributed by atoms with van der Waals surface area (Å²) >= 11 is 1.69. The van der Waals surface area contributed by atoms with Gasteiger partial charge < -0.3 is 19.5 Å². The first kappa shape index (κ1) is 25.9. The molecule has 1 aliphatic carbocycles. The third kappa shape index (κ3) is 5.32. The van der Waals surface area contributed by atoms with Gasteiger partial charge in [-0.25, -0.2) is 4.79 Å². The molecule has 1 N–H and O–H groups in total. The molecule has 0 fully saturated rings. The predicted octanol–water partition coefficient (Wildman–Crippen LogP) is 3.99. The molecule has 0 bridgehead atoms. The first-order valence-electron chi connectivity index (χ1n) is 11.6. The predicted molar refractivity (Wildman–Crippen MR) is 131 cm³/mol. The van der Waals surface area contributed by atoms with Gasteiger partial charge in [-0.2, -0.15) is 11.8 Å². The highest BCUT2D eigenvalue weighted by Gasteiger charge is 2.47. The lowest BCUT2D eigenvalue weighted by Crippen LogP contribution is -2.43. The van der Waals surface area contributed by atoms with Crippen LogP contribution in [0.15, 0.2) is 46.8 Å². The van der Waals surface area contributed by atoms with Crippen molar-refractivity contribution >= 4 is 29.5 Å². The van der Waals surface area contributed by atoms with Crippen molar-refractivity contribution in [2.75, 3.05) is 31.8 Å². The maximum absolute atomic E-state index is 13.7. The fourth-order valence-corrected chi connectivity index (χ4v) is 5.11. The molecule has 3 atom stereocenters. The zero-order valence-electron chi connectivity index (χ0n) is 20.4. The second-order valence-electron chi connectivity index (χ2n) is 8.37. The van der Waals surface area contributed by atoms with Crippen molar-refractivity contribution in [3.05, 3.63) is 52.4 Å². The zero-order valence-corrected chi connectivity index (χ0v) is 21.3. The van der Waals surface area contributed by atoms with Gasteiger partial charge in [-0.3, -0.25) is 9.59 Å². The molecule has 0 amide bonds. The number of ketones is 1. The van der Waals surface area contributed by atoms with Crippen molar-refractivity contribution < 1.29 is 28.6 Å². The van der Waals surface area contributed by atoms with E-state index in [1.54, 1.807) is 11.8 Å². The highest BCUT2D eigenvalue weighted by atomic mass is 32.2. The monoisotopic (exact) mass is 487 g/mol. The summed E-state index contributed by atoms with van der Waals surface area (Å²) in [6.07, 6.45) is 0.501. The molecule has 0 saturated carbocycles. The lowest BCUT2D eigenvalue weighted by Gasteiger charge is -2.38. The number of esters is 2. The van der Waals surface area contributed by atoms with Crippen LogP contribution < -0.4 is 10.1 Å². The molecule has 1 heterocycles. The number of ether oxygens (including phenoxy) is 3. The Kier molecular flexibility index (Phi) is 8.83. The number of carbonyl (C=O) groups is 3. The van der Waals surface area contributed by atoms with Crippen LogP contribution in [0.5, 0.6) is 5.75 Å². The molecule has 2 aliphatic rings. The summed E-state index contributed by atoms with van der Waals surface area (Å²) in [7, 11) is 1.29. The van der Waals surface area contributed by atoms with Gasteiger partial charge >= 0.3 is 11.9 Å². The van der Waals surface area contributed by atoms with E-state index in [4.69, 9.17) is 14.2 Å². The van der Waals surface area contributed by atoms with Crippen molar-refractivity contribution in [1.29, 1.82) is 0 Å². The van der Waals surface area contributed by atoms with Crippen LogP contribution in [0.4, 0.5) is 0 Å². The largest absolute Gasteiger partial charge is 0.494 e. The fraction of sp³-hybridized carbons (Fsp3) is 0.500. The van der Waals surface area contributed by atoms with Crippen LogP contribution in [0.3, 0.4) is 0 Å². The Balaban J connectivity index is 2.06. The van der Waals surface area contributed by atoms with Crippen molar-refractivity contribution in [2.45, 2.75) is 40.0 Å². The molecule has 0 unspecified atom stereocenters. The third-order valence-corrected chi connectivity index (χ3v) is 7.02. The van der Waals surface area contributed by atoms with Gasteiger partial charge in [0.2, 0.25) is 0 Å². The quantitative estimate of drug-likeness (QED) is 0.318. The van der Waals surface area contributed by atoms with Crippen LogP contribution in [0.1, 0.15) is 45.6 Å². The summed E-state index contributed by atoms with van der Waals surface area (Å²) in [6.45, 7) is 8.46. The molecule has 0 aromatic heterocycles. The fourth-order valence-electron chi connectivity index (χ4n) is 4.62. The number of methoxy groups -OCH3 is 1. The maximum atomic E-state index is 13.7. The van der Waals surface area contributed by atoms with Crippen LogP contribution in [-0.4, -0.2) is 49.6 Å². The molecule has 184 valence electrons. The molecule has 1 aromatic rings. The van der Waals surface area contributed by atoms with Gasteiger partial charge in [0, 0.05) is 28.6 Å². The summed E-state index contributed by atoms with van der Waals surface area (Å²) in [4.78, 5) is 39.5. The van der Waals surface area contributed by atoms with Gasteiger partial charge in [0.25, 0.3) is 0 Å². The zero-order chi connectivity index (χ0) is 24.8. The SMILES string of the molecule is CCOc1ccc([C@H]2C(C(=O)OCCSCC)=C(C)NC3=C2C(=O)[C@@H](C(=O)OC)[C@@H](C)C3)cc1. The molecule has 0 spiro atoms. The van der Waals surface area contributed by atoms with E-state index < -0.39 is 23.8 Å². The number of hydrogen-bond acceptors (Lipinski definition) is 8. The Bertz CT molecular complexity index is 997. The van der Waals surface area contributed by atoms with E-state index in [0.29, 0.717) is 41.4 Å². The number of thioether (sulfide) groups is 1. The number of carbonyl (C=O) groups excluding carboxylic acids is 3. The van der Waals surface area contributed by atoms with Crippen LogP contribution in [0.25, 0.3) is 0 Å². The highest BCUT2D eigenvalue weighted by molar-refractivity contribution is 7.99. The number of rotatable bonds is 9. The van der Waals surface area contributed by atoms with Crippen LogP contribution in [-0.2, 0) is 23.9 Å². The molecule has 3 rings (SSSR count). The standard InChI is InChI=1S/C26H33NO6S/c1-6-32-18-10-8-17(9-11-18)22-21(26(30)33-12-13-34-7-2)16(4)27-19-14-15(3)20(25(29)31-5)24(28)23(19)22/h8-11,15,20,22,27H,6-7,12-14H2,1-5H3/t15-,20-,22-/m0/s1. The van der Waals surface area contributed by atoms with E-state index in [1.807, 2.05) is 52.0 Å². The average molecular weight is 488 g/mol. The van der Waals surface area contributed by atoms with E-state index in [0.717, 1.165) is 17.0 Å². The smallest absolute Gasteiger partial charge is 0.336 e. The normalized spacial score (nSPS) is 22.1. The number of hydrogen-bond donors (Lipinski definition) is 1. The first-order chi connectivity index (χ1) is 16.3. The highest BCUT2D eigenvalue weighted by Crippen LogP contribution is 2.45. The third-order valence-electron chi connectivity index (χ3n) is 6.15. The molecule has 8 heteroatoms. The molecule has 7 nitrogen and oxygen atoms in total. The van der Waals surface area contributed by atoms with Crippen LogP contribution >= 0.6 is 11.8 Å². The Morgan fingerprint density at radius 3 is 2.50 bits per heavy atom. The summed E-state index contributed by atoms with van der Waals surface area (Å²) in [5, 5.41) is 3.28. The van der Waals surface area contributed by atoms with Gasteiger partial charge in [-0.1, -0.05) is 26.0 Å². The van der Waals surface area contributed by atoms with Crippen LogP contribution in [0.2, 0.25) is 0 Å². The molecule has 1 aliphatic heterocycles. The van der Waals surface area contributed by atoms with Crippen LogP contribution in [0, 0.1) is 11.8 Å². The molecular formula is C26H33NO6S. The van der Waals surface area contributed by atoms with Gasteiger partial charge in [-0.15, -0.1) is 0 Å². The van der Waals surface area contributed by atoms with E-state index in [2.05, 4.69) is 5.32 Å². The summed E-state index contributed by atoms with van der Waals surface area (Å²) in [5.74, 6) is -0.775. The Labute approximate surface area is 205 Å². The number of Topliss-reactive ketones (excluding diaryl/α,β-unsaturated/α-hetero) is 1. The summed E-state index contributed by atoms with van der Waals surface area (Å²) in [5.41, 5.74) is 2.97. The second-order valence-corrected chi connectivity index (χ2v) is 9.76. The molecular weight excluding hydrogens is 454 g/mol. The molecule has 34 heavy (non-hydrogen) atoms. The minimum Gasteiger partial charge on any atom is -0.494 e. The maximum Gasteiger partial charge on any atom is 0.336 e. The van der Waals surface area contributed by atoms with Crippen molar-refractivity contribution in [3.63, 3.8) is 0 Å². The average Bonchev–Trinajstić information content (AvgIpc) is 2.81. The second kappa shape index (κ2) is 11.6.